The van der Waals surface area contributed by atoms with Gasteiger partial charge in [0.1, 0.15) is 0 Å². The summed E-state index contributed by atoms with van der Waals surface area (Å²) >= 11 is 0. The topological polar surface area (TPSA) is 0 Å². The first kappa shape index (κ1) is 25.8. The largest absolute Gasteiger partial charge is 0.0587 e. The van der Waals surface area contributed by atoms with E-state index in [2.05, 4.69) is 139 Å². The van der Waals surface area contributed by atoms with Crippen molar-refractivity contribution in [3.05, 3.63) is 119 Å². The third kappa shape index (κ3) is 6.50. The molecule has 0 spiro atoms. The maximum Gasteiger partial charge on any atom is -0.0151 e. The number of benzene rings is 4. The second-order valence-corrected chi connectivity index (χ2v) is 15.3. The Kier molecular flexibility index (Phi) is 8.59. The maximum absolute atomic E-state index is 2.49. The minimum Gasteiger partial charge on any atom is -0.0587 e. The van der Waals surface area contributed by atoms with E-state index >= 15 is 0 Å². The highest BCUT2D eigenvalue weighted by Gasteiger charge is 2.28. The van der Waals surface area contributed by atoms with Crippen LogP contribution in [0.2, 0.25) is 0 Å². The van der Waals surface area contributed by atoms with Gasteiger partial charge in [-0.25, -0.2) is 0 Å². The zero-order valence-corrected chi connectivity index (χ0v) is 23.8. The highest BCUT2D eigenvalue weighted by atomic mass is 31.1. The van der Waals surface area contributed by atoms with Crippen LogP contribution in [0.3, 0.4) is 0 Å². The van der Waals surface area contributed by atoms with E-state index < -0.39 is 15.8 Å². The monoisotopic (exact) mass is 496 g/mol. The summed E-state index contributed by atoms with van der Waals surface area (Å²) in [5.41, 5.74) is 6.50. The van der Waals surface area contributed by atoms with E-state index in [1.54, 1.807) is 0 Å². The third-order valence-electron chi connectivity index (χ3n) is 6.81. The third-order valence-corrected chi connectivity index (χ3v) is 12.4. The standard InChI is InChI=1S/C33H38P2/c1-24-7-15-30(16-8-24)34(31-17-9-25(2)10-18-31)28(5)23-29(6)35(32-19-11-26(3)12-20-32)33-21-13-27(4)14-22-33/h7-22,28-29H,23H2,1-6H3/t28-,29-/m0/s1. The van der Waals surface area contributed by atoms with Crippen molar-refractivity contribution in [3.63, 3.8) is 0 Å². The summed E-state index contributed by atoms with van der Waals surface area (Å²) in [5.74, 6) is 0. The van der Waals surface area contributed by atoms with Crippen molar-refractivity contribution in [1.82, 2.24) is 0 Å². The first-order chi connectivity index (χ1) is 16.8. The van der Waals surface area contributed by atoms with Gasteiger partial charge in [-0.1, -0.05) is 133 Å². The zero-order valence-electron chi connectivity index (χ0n) is 22.0. The predicted molar refractivity (Wildman–Crippen MR) is 161 cm³/mol. The van der Waals surface area contributed by atoms with Gasteiger partial charge in [0.2, 0.25) is 0 Å². The molecule has 0 amide bonds. The lowest BCUT2D eigenvalue weighted by atomic mass is 10.2. The SMILES string of the molecule is Cc1ccc(P(c2ccc(C)cc2)[C@@H](C)C[C@H](C)P(c2ccc(C)cc2)c2ccc(C)cc2)cc1. The molecule has 0 saturated carbocycles. The van der Waals surface area contributed by atoms with E-state index in [0.29, 0.717) is 11.3 Å². The van der Waals surface area contributed by atoms with Crippen molar-refractivity contribution >= 4 is 37.1 Å². The molecule has 4 aromatic rings. The second-order valence-electron chi connectivity index (χ2n) is 10.0. The van der Waals surface area contributed by atoms with Gasteiger partial charge in [0.05, 0.1) is 0 Å². The first-order valence-corrected chi connectivity index (χ1v) is 15.5. The quantitative estimate of drug-likeness (QED) is 0.220. The van der Waals surface area contributed by atoms with Crippen molar-refractivity contribution in [2.24, 2.45) is 0 Å². The number of rotatable bonds is 8. The van der Waals surface area contributed by atoms with Crippen LogP contribution < -0.4 is 21.2 Å². The molecule has 0 aliphatic carbocycles. The molecule has 35 heavy (non-hydrogen) atoms. The molecule has 2 heteroatoms. The Morgan fingerprint density at radius 2 is 0.600 bits per heavy atom. The first-order valence-electron chi connectivity index (χ1n) is 12.7. The van der Waals surface area contributed by atoms with Crippen LogP contribution in [-0.4, -0.2) is 11.3 Å². The van der Waals surface area contributed by atoms with Crippen LogP contribution in [-0.2, 0) is 0 Å². The summed E-state index contributed by atoms with van der Waals surface area (Å²) in [5, 5.41) is 5.96. The Morgan fingerprint density at radius 3 is 0.800 bits per heavy atom. The predicted octanol–water partition coefficient (Wildman–Crippen LogP) is 7.65. The molecular formula is C33H38P2. The molecule has 180 valence electrons. The lowest BCUT2D eigenvalue weighted by Gasteiger charge is -2.32. The summed E-state index contributed by atoms with van der Waals surface area (Å²) in [6, 6.07) is 37.2. The summed E-state index contributed by atoms with van der Waals surface area (Å²) in [4.78, 5) is 0. The molecule has 0 radical (unpaired) electrons. The van der Waals surface area contributed by atoms with Gasteiger partial charge in [0.15, 0.2) is 0 Å². The van der Waals surface area contributed by atoms with Gasteiger partial charge >= 0.3 is 0 Å². The van der Waals surface area contributed by atoms with Crippen LogP contribution >= 0.6 is 15.8 Å². The van der Waals surface area contributed by atoms with Crippen molar-refractivity contribution in [2.45, 2.75) is 59.3 Å². The van der Waals surface area contributed by atoms with Crippen LogP contribution in [0.15, 0.2) is 97.1 Å². The van der Waals surface area contributed by atoms with E-state index in [-0.39, 0.29) is 0 Å². The summed E-state index contributed by atoms with van der Waals surface area (Å²) in [7, 11) is -0.864. The van der Waals surface area contributed by atoms with Crippen LogP contribution in [0.1, 0.15) is 42.5 Å². The van der Waals surface area contributed by atoms with E-state index in [1.807, 2.05) is 0 Å². The molecule has 0 bridgehead atoms. The Morgan fingerprint density at radius 1 is 0.400 bits per heavy atom. The number of aryl methyl sites for hydroxylation is 4. The minimum absolute atomic E-state index is 0.432. The molecule has 0 unspecified atom stereocenters. The second kappa shape index (κ2) is 11.6. The van der Waals surface area contributed by atoms with Crippen molar-refractivity contribution in [2.75, 3.05) is 0 Å². The number of hydrogen-bond donors (Lipinski definition) is 0. The maximum atomic E-state index is 2.49. The van der Waals surface area contributed by atoms with Crippen LogP contribution in [0, 0.1) is 27.7 Å². The van der Waals surface area contributed by atoms with Gasteiger partial charge in [0, 0.05) is 0 Å². The molecule has 0 heterocycles. The lowest BCUT2D eigenvalue weighted by Crippen LogP contribution is -2.26. The average molecular weight is 497 g/mol. The van der Waals surface area contributed by atoms with Gasteiger partial charge in [-0.05, 0) is 82.5 Å². The van der Waals surface area contributed by atoms with Gasteiger partial charge < -0.3 is 0 Å². The molecule has 0 aromatic heterocycles. The molecule has 0 saturated heterocycles. The molecule has 0 aliphatic heterocycles. The fourth-order valence-electron chi connectivity index (χ4n) is 4.84. The van der Waals surface area contributed by atoms with Gasteiger partial charge in [-0.2, -0.15) is 0 Å². The Bertz CT molecular complexity index is 1020. The van der Waals surface area contributed by atoms with Gasteiger partial charge in [-0.15, -0.1) is 0 Å². The Labute approximate surface area is 215 Å². The summed E-state index contributed by atoms with van der Waals surface area (Å²) in [6.07, 6.45) is 1.21. The lowest BCUT2D eigenvalue weighted by molar-refractivity contribution is 0.793. The average Bonchev–Trinajstić information content (AvgIpc) is 2.84. The van der Waals surface area contributed by atoms with Crippen molar-refractivity contribution < 1.29 is 0 Å². The zero-order chi connectivity index (χ0) is 24.9. The highest BCUT2D eigenvalue weighted by molar-refractivity contribution is 7.74. The number of hydrogen-bond acceptors (Lipinski definition) is 0. The van der Waals surface area contributed by atoms with Crippen molar-refractivity contribution in [3.8, 4) is 0 Å². The van der Waals surface area contributed by atoms with Gasteiger partial charge in [-0.3, -0.25) is 0 Å². The molecule has 4 aromatic carbocycles. The molecule has 0 N–H and O–H groups in total. The van der Waals surface area contributed by atoms with Crippen LogP contribution in [0.5, 0.6) is 0 Å². The molecule has 0 nitrogen and oxygen atoms in total. The Hall–Kier alpha value is -2.26. The smallest absolute Gasteiger partial charge is 0.0151 e. The summed E-state index contributed by atoms with van der Waals surface area (Å²) in [6.45, 7) is 13.7. The van der Waals surface area contributed by atoms with Gasteiger partial charge in [0.25, 0.3) is 0 Å². The normalized spacial score (nSPS) is 13.3. The minimum atomic E-state index is -0.432. The molecule has 4 rings (SSSR count). The molecule has 0 aliphatic rings. The molecule has 0 fully saturated rings. The molecule has 2 atom stereocenters. The van der Waals surface area contributed by atoms with E-state index in [4.69, 9.17) is 0 Å². The fourth-order valence-corrected chi connectivity index (χ4v) is 10.6. The van der Waals surface area contributed by atoms with Crippen LogP contribution in [0.4, 0.5) is 0 Å². The van der Waals surface area contributed by atoms with E-state index in [9.17, 15) is 0 Å². The molecular weight excluding hydrogens is 458 g/mol. The highest BCUT2D eigenvalue weighted by Crippen LogP contribution is 2.48. The fraction of sp³-hybridized carbons (Fsp3) is 0.273. The van der Waals surface area contributed by atoms with Crippen molar-refractivity contribution in [1.29, 1.82) is 0 Å². The summed E-state index contributed by atoms with van der Waals surface area (Å²) < 4.78 is 0. The van der Waals surface area contributed by atoms with E-state index in [1.165, 1.54) is 49.9 Å². The Balaban J connectivity index is 1.68. The van der Waals surface area contributed by atoms with Crippen LogP contribution in [0.25, 0.3) is 0 Å². The van der Waals surface area contributed by atoms with E-state index in [0.717, 1.165) is 0 Å².